The summed E-state index contributed by atoms with van der Waals surface area (Å²) in [7, 11) is 0. The quantitative estimate of drug-likeness (QED) is 0.463. The fraction of sp³-hybridized carbons (Fsp3) is 0.222. The molecule has 0 radical (unpaired) electrons. The van der Waals surface area contributed by atoms with Crippen molar-refractivity contribution in [2.45, 2.75) is 6.42 Å². The Balaban J connectivity index is 2.93. The number of hydrogen-bond acceptors (Lipinski definition) is 6. The summed E-state index contributed by atoms with van der Waals surface area (Å²) in [6.45, 7) is -0.138. The lowest BCUT2D eigenvalue weighted by Gasteiger charge is -2.02. The van der Waals surface area contributed by atoms with E-state index in [1.165, 1.54) is 6.07 Å². The second-order valence-electron chi connectivity index (χ2n) is 3.16. The molecule has 0 N–H and O–H groups in total. The van der Waals surface area contributed by atoms with Crippen LogP contribution in [-0.2, 0) is 11.2 Å². The third-order valence-corrected chi connectivity index (χ3v) is 2.17. The molecule has 0 saturated carbocycles. The van der Waals surface area contributed by atoms with Crippen molar-refractivity contribution in [1.29, 1.82) is 0 Å². The van der Waals surface area contributed by atoms with Gasteiger partial charge in [0.15, 0.2) is 0 Å². The standard InChI is InChI=1S/C9H7ClN2O6/c10-9(13)18-4-3-6-1-2-7(11(14)15)5-8(6)12(16)17/h1-2,5H,3-4H2. The van der Waals surface area contributed by atoms with Crippen LogP contribution in [0.15, 0.2) is 18.2 Å². The predicted octanol–water partition coefficient (Wildman–Crippen LogP) is 2.42. The maximum absolute atomic E-state index is 10.7. The maximum atomic E-state index is 10.7. The first-order valence-corrected chi connectivity index (χ1v) is 5.03. The van der Waals surface area contributed by atoms with Crippen molar-refractivity contribution in [3.63, 3.8) is 0 Å². The van der Waals surface area contributed by atoms with Crippen LogP contribution in [0.4, 0.5) is 16.2 Å². The van der Waals surface area contributed by atoms with Gasteiger partial charge in [-0.15, -0.1) is 0 Å². The smallest absolute Gasteiger partial charge is 0.403 e. The summed E-state index contributed by atoms with van der Waals surface area (Å²) >= 11 is 4.93. The Kier molecular flexibility index (Phi) is 4.55. The average Bonchev–Trinajstić information content (AvgIpc) is 2.28. The highest BCUT2D eigenvalue weighted by molar-refractivity contribution is 6.61. The molecule has 8 nitrogen and oxygen atoms in total. The van der Waals surface area contributed by atoms with E-state index in [1.807, 2.05) is 0 Å². The van der Waals surface area contributed by atoms with E-state index in [0.29, 0.717) is 0 Å². The van der Waals surface area contributed by atoms with E-state index in [4.69, 9.17) is 11.6 Å². The van der Waals surface area contributed by atoms with Crippen LogP contribution in [0.1, 0.15) is 5.56 Å². The molecular weight excluding hydrogens is 268 g/mol. The zero-order chi connectivity index (χ0) is 13.7. The SMILES string of the molecule is O=C(Cl)OCCc1ccc([N+](=O)[O-])cc1[N+](=O)[O-]. The number of rotatable bonds is 5. The molecule has 0 spiro atoms. The molecule has 0 unspecified atom stereocenters. The van der Waals surface area contributed by atoms with Crippen molar-refractivity contribution in [1.82, 2.24) is 0 Å². The molecule has 0 bridgehead atoms. The second kappa shape index (κ2) is 5.92. The molecule has 0 fully saturated rings. The lowest BCUT2D eigenvalue weighted by atomic mass is 10.1. The van der Waals surface area contributed by atoms with Crippen molar-refractivity contribution in [2.24, 2.45) is 0 Å². The molecule has 0 saturated heterocycles. The van der Waals surface area contributed by atoms with E-state index in [0.717, 1.165) is 12.1 Å². The highest BCUT2D eigenvalue weighted by Gasteiger charge is 2.19. The maximum Gasteiger partial charge on any atom is 0.403 e. The minimum atomic E-state index is -1.01. The highest BCUT2D eigenvalue weighted by atomic mass is 35.5. The molecule has 1 aromatic carbocycles. The van der Waals surface area contributed by atoms with Crippen LogP contribution in [0, 0.1) is 20.2 Å². The van der Waals surface area contributed by atoms with Crippen molar-refractivity contribution >= 4 is 28.4 Å². The summed E-state index contributed by atoms with van der Waals surface area (Å²) in [5.41, 5.74) is -1.56. The minimum absolute atomic E-state index is 0.0484. The largest absolute Gasteiger partial charge is 0.453 e. The third kappa shape index (κ3) is 3.67. The van der Waals surface area contributed by atoms with Gasteiger partial charge in [0.25, 0.3) is 11.4 Å². The topological polar surface area (TPSA) is 113 Å². The van der Waals surface area contributed by atoms with Crippen LogP contribution in [0.2, 0.25) is 0 Å². The van der Waals surface area contributed by atoms with E-state index in [2.05, 4.69) is 4.74 Å². The Hall–Kier alpha value is -2.22. The van der Waals surface area contributed by atoms with Gasteiger partial charge in [0.2, 0.25) is 0 Å². The fourth-order valence-corrected chi connectivity index (χ4v) is 1.37. The Bertz CT molecular complexity index is 504. The normalized spacial score (nSPS) is 9.83. The molecule has 0 aliphatic rings. The number of hydrogen-bond donors (Lipinski definition) is 0. The van der Waals surface area contributed by atoms with Gasteiger partial charge in [0.1, 0.15) is 0 Å². The van der Waals surface area contributed by atoms with E-state index in [9.17, 15) is 25.0 Å². The Morgan fingerprint density at radius 3 is 2.44 bits per heavy atom. The Morgan fingerprint density at radius 2 is 1.94 bits per heavy atom. The summed E-state index contributed by atoms with van der Waals surface area (Å²) in [4.78, 5) is 30.1. The molecule has 0 aliphatic carbocycles. The summed E-state index contributed by atoms with van der Waals surface area (Å²) in [5, 5.41) is 21.2. The van der Waals surface area contributed by atoms with Crippen LogP contribution in [-0.4, -0.2) is 21.9 Å². The average molecular weight is 275 g/mol. The summed E-state index contributed by atoms with van der Waals surface area (Å²) < 4.78 is 4.43. The van der Waals surface area contributed by atoms with Gasteiger partial charge in [0, 0.05) is 29.7 Å². The molecule has 96 valence electrons. The summed E-state index contributed by atoms with van der Waals surface area (Å²) in [6, 6.07) is 3.25. The molecule has 18 heavy (non-hydrogen) atoms. The van der Waals surface area contributed by atoms with E-state index >= 15 is 0 Å². The Morgan fingerprint density at radius 1 is 1.28 bits per heavy atom. The lowest BCUT2D eigenvalue weighted by Crippen LogP contribution is -2.03. The zero-order valence-electron chi connectivity index (χ0n) is 8.87. The van der Waals surface area contributed by atoms with Crippen LogP contribution in [0.5, 0.6) is 0 Å². The van der Waals surface area contributed by atoms with Crippen LogP contribution in [0.25, 0.3) is 0 Å². The first-order chi connectivity index (χ1) is 8.41. The van der Waals surface area contributed by atoms with E-state index in [-0.39, 0.29) is 24.3 Å². The molecule has 0 heterocycles. The minimum Gasteiger partial charge on any atom is -0.453 e. The molecule has 0 aliphatic heterocycles. The molecule has 0 aromatic heterocycles. The van der Waals surface area contributed by atoms with Crippen molar-refractivity contribution in [3.8, 4) is 0 Å². The zero-order valence-corrected chi connectivity index (χ0v) is 9.62. The van der Waals surface area contributed by atoms with Crippen molar-refractivity contribution in [3.05, 3.63) is 44.0 Å². The number of nitro groups is 2. The number of nitro benzene ring substituents is 2. The summed E-state index contributed by atoms with van der Waals surface area (Å²) in [5.74, 6) is 0. The number of nitrogens with zero attached hydrogens (tertiary/aromatic N) is 2. The molecular formula is C9H7ClN2O6. The predicted molar refractivity (Wildman–Crippen MR) is 60.7 cm³/mol. The Labute approximate surface area is 105 Å². The number of benzene rings is 1. The second-order valence-corrected chi connectivity index (χ2v) is 3.47. The molecule has 1 aromatic rings. The van der Waals surface area contributed by atoms with Crippen LogP contribution < -0.4 is 0 Å². The molecule has 0 amide bonds. The number of ether oxygens (including phenoxy) is 1. The monoisotopic (exact) mass is 274 g/mol. The molecule has 0 atom stereocenters. The number of carbonyl (C=O) groups is 1. The van der Waals surface area contributed by atoms with Gasteiger partial charge < -0.3 is 4.74 Å². The fourth-order valence-electron chi connectivity index (χ4n) is 1.29. The van der Waals surface area contributed by atoms with Gasteiger partial charge in [-0.05, 0) is 6.07 Å². The number of carbonyl (C=O) groups excluding carboxylic acids is 1. The van der Waals surface area contributed by atoms with Crippen molar-refractivity contribution in [2.75, 3.05) is 6.61 Å². The van der Waals surface area contributed by atoms with Gasteiger partial charge in [-0.25, -0.2) is 4.79 Å². The van der Waals surface area contributed by atoms with Crippen molar-refractivity contribution < 1.29 is 19.4 Å². The van der Waals surface area contributed by atoms with Gasteiger partial charge in [-0.3, -0.25) is 20.2 Å². The van der Waals surface area contributed by atoms with Gasteiger partial charge in [0.05, 0.1) is 22.5 Å². The van der Waals surface area contributed by atoms with Gasteiger partial charge in [-0.2, -0.15) is 0 Å². The first kappa shape index (κ1) is 13.8. The van der Waals surface area contributed by atoms with E-state index in [1.54, 1.807) is 0 Å². The number of non-ortho nitro benzene ring substituents is 1. The van der Waals surface area contributed by atoms with Gasteiger partial charge >= 0.3 is 5.43 Å². The molecule has 1 rings (SSSR count). The first-order valence-electron chi connectivity index (χ1n) is 4.66. The summed E-state index contributed by atoms with van der Waals surface area (Å²) in [6.07, 6.45) is 0.0484. The van der Waals surface area contributed by atoms with Crippen LogP contribution in [0.3, 0.4) is 0 Å². The van der Waals surface area contributed by atoms with Gasteiger partial charge in [-0.1, -0.05) is 0 Å². The number of halogens is 1. The third-order valence-electron chi connectivity index (χ3n) is 2.06. The molecule has 9 heteroatoms. The highest BCUT2D eigenvalue weighted by Crippen LogP contribution is 2.25. The van der Waals surface area contributed by atoms with Crippen LogP contribution >= 0.6 is 11.6 Å². The lowest BCUT2D eigenvalue weighted by molar-refractivity contribution is -0.394. The van der Waals surface area contributed by atoms with E-state index < -0.39 is 21.0 Å².